The summed E-state index contributed by atoms with van der Waals surface area (Å²) in [6.07, 6.45) is 0.168. The molecular formula is C17H18ClN3O4. The second kappa shape index (κ2) is 8.62. The van der Waals surface area contributed by atoms with E-state index in [9.17, 15) is 14.7 Å². The highest BCUT2D eigenvalue weighted by Crippen LogP contribution is 2.10. The lowest BCUT2D eigenvalue weighted by atomic mass is 10.2. The van der Waals surface area contributed by atoms with Gasteiger partial charge in [0, 0.05) is 17.8 Å². The van der Waals surface area contributed by atoms with Crippen LogP contribution < -0.4 is 11.2 Å². The Labute approximate surface area is 149 Å². The summed E-state index contributed by atoms with van der Waals surface area (Å²) in [5, 5.41) is 19.7. The average molecular weight is 364 g/mol. The highest BCUT2D eigenvalue weighted by molar-refractivity contribution is 6.30. The van der Waals surface area contributed by atoms with Crippen LogP contribution in [0.15, 0.2) is 40.1 Å². The normalized spacial score (nSPS) is 11.9. The first kappa shape index (κ1) is 18.9. The lowest BCUT2D eigenvalue weighted by molar-refractivity contribution is 0.0191. The number of aliphatic hydroxyl groups excluding tert-OH is 1. The zero-order chi connectivity index (χ0) is 18.4. The molecule has 0 saturated carbocycles. The third-order valence-corrected chi connectivity index (χ3v) is 3.84. The van der Waals surface area contributed by atoms with E-state index in [0.29, 0.717) is 11.6 Å². The predicted octanol–water partition coefficient (Wildman–Crippen LogP) is 1.13. The van der Waals surface area contributed by atoms with Crippen LogP contribution in [0.1, 0.15) is 18.1 Å². The molecule has 0 amide bonds. The molecule has 132 valence electrons. The number of nitrogens with zero attached hydrogens (tertiary/aromatic N) is 3. The smallest absolute Gasteiger partial charge is 0.331 e. The van der Waals surface area contributed by atoms with Crippen molar-refractivity contribution in [2.75, 3.05) is 6.61 Å². The largest absolute Gasteiger partial charge is 0.389 e. The summed E-state index contributed by atoms with van der Waals surface area (Å²) in [6.45, 7) is 2.01. The molecule has 1 aromatic carbocycles. The summed E-state index contributed by atoms with van der Waals surface area (Å²) < 4.78 is 7.51. The molecule has 2 rings (SSSR count). The van der Waals surface area contributed by atoms with E-state index in [4.69, 9.17) is 21.6 Å². The zero-order valence-corrected chi connectivity index (χ0v) is 14.4. The number of aromatic nitrogens is 2. The van der Waals surface area contributed by atoms with Gasteiger partial charge in [-0.2, -0.15) is 5.26 Å². The molecule has 25 heavy (non-hydrogen) atoms. The Kier molecular flexibility index (Phi) is 6.53. The van der Waals surface area contributed by atoms with Gasteiger partial charge in [0.1, 0.15) is 11.6 Å². The van der Waals surface area contributed by atoms with Crippen molar-refractivity contribution in [1.29, 1.82) is 5.26 Å². The Hall–Kier alpha value is -2.40. The first-order valence-corrected chi connectivity index (χ1v) is 8.08. The number of aryl methyl sites for hydroxylation is 1. The highest BCUT2D eigenvalue weighted by atomic mass is 35.5. The average Bonchev–Trinajstić information content (AvgIpc) is 2.60. The summed E-state index contributed by atoms with van der Waals surface area (Å²) in [7, 11) is 0. The lowest BCUT2D eigenvalue weighted by Gasteiger charge is -2.14. The number of aliphatic hydroxyl groups is 1. The molecule has 8 heteroatoms. The standard InChI is InChI=1S/C17H18ClN3O4/c1-2-20-8-13(7-19)16(23)21(17(20)24)9-15(22)11-25-10-12-3-5-14(18)6-4-12/h3-6,8,15,22H,2,9-11H2,1H3/t15-/m1/s1. The van der Waals surface area contributed by atoms with Crippen LogP contribution in [0.2, 0.25) is 5.02 Å². The summed E-state index contributed by atoms with van der Waals surface area (Å²) in [4.78, 5) is 24.3. The monoisotopic (exact) mass is 363 g/mol. The van der Waals surface area contributed by atoms with Crippen molar-refractivity contribution in [3.8, 4) is 6.07 Å². The summed E-state index contributed by atoms with van der Waals surface area (Å²) in [5.74, 6) is 0. The number of benzene rings is 1. The van der Waals surface area contributed by atoms with Gasteiger partial charge in [-0.15, -0.1) is 0 Å². The maximum absolute atomic E-state index is 12.2. The number of rotatable bonds is 7. The fourth-order valence-electron chi connectivity index (χ4n) is 2.27. The van der Waals surface area contributed by atoms with E-state index in [0.717, 1.165) is 10.1 Å². The van der Waals surface area contributed by atoms with Crippen molar-refractivity contribution in [3.63, 3.8) is 0 Å². The Bertz CT molecular complexity index is 881. The van der Waals surface area contributed by atoms with Crippen LogP contribution in [0, 0.1) is 11.3 Å². The van der Waals surface area contributed by atoms with E-state index < -0.39 is 17.4 Å². The maximum atomic E-state index is 12.2. The van der Waals surface area contributed by atoms with E-state index in [2.05, 4.69) is 0 Å². The molecule has 0 saturated heterocycles. The van der Waals surface area contributed by atoms with Gasteiger partial charge in [0.2, 0.25) is 0 Å². The van der Waals surface area contributed by atoms with Gasteiger partial charge in [-0.1, -0.05) is 23.7 Å². The lowest BCUT2D eigenvalue weighted by Crippen LogP contribution is -2.43. The fourth-order valence-corrected chi connectivity index (χ4v) is 2.40. The zero-order valence-electron chi connectivity index (χ0n) is 13.7. The van der Waals surface area contributed by atoms with Crippen LogP contribution in [0.4, 0.5) is 0 Å². The van der Waals surface area contributed by atoms with Crippen molar-refractivity contribution in [1.82, 2.24) is 9.13 Å². The van der Waals surface area contributed by atoms with Crippen molar-refractivity contribution in [2.45, 2.75) is 32.7 Å². The number of ether oxygens (including phenoxy) is 1. The molecule has 0 bridgehead atoms. The predicted molar refractivity (Wildman–Crippen MR) is 92.5 cm³/mol. The topological polar surface area (TPSA) is 97.2 Å². The van der Waals surface area contributed by atoms with Gasteiger partial charge in [0.15, 0.2) is 0 Å². The van der Waals surface area contributed by atoms with Crippen LogP contribution in [0.25, 0.3) is 0 Å². The molecule has 1 atom stereocenters. The van der Waals surface area contributed by atoms with Gasteiger partial charge in [-0.25, -0.2) is 4.79 Å². The molecule has 7 nitrogen and oxygen atoms in total. The number of nitriles is 1. The van der Waals surface area contributed by atoms with Crippen LogP contribution in [-0.4, -0.2) is 27.0 Å². The van der Waals surface area contributed by atoms with Crippen molar-refractivity contribution in [2.24, 2.45) is 0 Å². The summed E-state index contributed by atoms with van der Waals surface area (Å²) in [6, 6.07) is 8.83. The van der Waals surface area contributed by atoms with E-state index in [1.807, 2.05) is 0 Å². The van der Waals surface area contributed by atoms with Gasteiger partial charge in [0.05, 0.1) is 25.9 Å². The minimum absolute atomic E-state index is 0.0581. The van der Waals surface area contributed by atoms with E-state index in [1.54, 1.807) is 37.3 Å². The van der Waals surface area contributed by atoms with Gasteiger partial charge >= 0.3 is 5.69 Å². The molecule has 1 N–H and O–H groups in total. The van der Waals surface area contributed by atoms with Gasteiger partial charge in [0.25, 0.3) is 5.56 Å². The third kappa shape index (κ3) is 4.79. The number of halogens is 1. The van der Waals surface area contributed by atoms with Crippen LogP contribution in [0.3, 0.4) is 0 Å². The molecule has 0 aliphatic heterocycles. The van der Waals surface area contributed by atoms with Crippen molar-refractivity contribution >= 4 is 11.6 Å². The first-order valence-electron chi connectivity index (χ1n) is 7.71. The van der Waals surface area contributed by atoms with E-state index in [1.165, 1.54) is 10.8 Å². The molecule has 0 fully saturated rings. The Morgan fingerprint density at radius 3 is 2.60 bits per heavy atom. The molecular weight excluding hydrogens is 346 g/mol. The Morgan fingerprint density at radius 2 is 2.00 bits per heavy atom. The molecule has 0 spiro atoms. The highest BCUT2D eigenvalue weighted by Gasteiger charge is 2.14. The van der Waals surface area contributed by atoms with Crippen LogP contribution >= 0.6 is 11.6 Å². The minimum Gasteiger partial charge on any atom is -0.389 e. The molecule has 1 aromatic heterocycles. The molecule has 0 aliphatic carbocycles. The molecule has 2 aromatic rings. The van der Waals surface area contributed by atoms with E-state index >= 15 is 0 Å². The SMILES string of the molecule is CCn1cc(C#N)c(=O)n(C[C@@H](O)COCc2ccc(Cl)cc2)c1=O. The van der Waals surface area contributed by atoms with Crippen molar-refractivity contribution in [3.05, 3.63) is 67.4 Å². The van der Waals surface area contributed by atoms with Crippen molar-refractivity contribution < 1.29 is 9.84 Å². The fraction of sp³-hybridized carbons (Fsp3) is 0.353. The van der Waals surface area contributed by atoms with Gasteiger partial charge < -0.3 is 9.84 Å². The maximum Gasteiger partial charge on any atom is 0.331 e. The second-order valence-corrected chi connectivity index (χ2v) is 5.87. The van der Waals surface area contributed by atoms with Crippen LogP contribution in [-0.2, 0) is 24.4 Å². The van der Waals surface area contributed by atoms with Gasteiger partial charge in [-0.3, -0.25) is 13.9 Å². The second-order valence-electron chi connectivity index (χ2n) is 5.43. The van der Waals surface area contributed by atoms with Gasteiger partial charge in [-0.05, 0) is 24.6 Å². The van der Waals surface area contributed by atoms with E-state index in [-0.39, 0.29) is 25.3 Å². The summed E-state index contributed by atoms with van der Waals surface area (Å²) in [5.41, 5.74) is -0.540. The number of hydrogen-bond acceptors (Lipinski definition) is 5. The quantitative estimate of drug-likeness (QED) is 0.795. The first-order chi connectivity index (χ1) is 12.0. The molecule has 1 heterocycles. The molecule has 0 unspecified atom stereocenters. The molecule has 0 radical (unpaired) electrons. The Morgan fingerprint density at radius 1 is 1.32 bits per heavy atom. The molecule has 0 aliphatic rings. The Balaban J connectivity index is 2.04. The summed E-state index contributed by atoms with van der Waals surface area (Å²) >= 11 is 5.80. The minimum atomic E-state index is -1.06. The third-order valence-electron chi connectivity index (χ3n) is 3.58. The number of hydrogen-bond donors (Lipinski definition) is 1. The van der Waals surface area contributed by atoms with Crippen LogP contribution in [0.5, 0.6) is 0 Å².